The first-order chi connectivity index (χ1) is 9.74. The Kier molecular flexibility index (Phi) is 4.95. The SMILES string of the molecule is CCOC(=O)/C(C#N)=C/c1cc[c]c(C2CCCC2)c1. The summed E-state index contributed by atoms with van der Waals surface area (Å²) < 4.78 is 4.86. The summed E-state index contributed by atoms with van der Waals surface area (Å²) in [5.41, 5.74) is 2.07. The number of carbonyl (C=O) groups excluding carboxylic acids is 1. The maximum atomic E-state index is 11.6. The van der Waals surface area contributed by atoms with E-state index >= 15 is 0 Å². The summed E-state index contributed by atoms with van der Waals surface area (Å²) in [4.78, 5) is 11.6. The Balaban J connectivity index is 2.21. The molecule has 103 valence electrons. The Labute approximate surface area is 119 Å². The lowest BCUT2D eigenvalue weighted by atomic mass is 9.95. The van der Waals surface area contributed by atoms with Crippen molar-refractivity contribution in [2.45, 2.75) is 38.5 Å². The second-order valence-electron chi connectivity index (χ2n) is 4.95. The highest BCUT2D eigenvalue weighted by Crippen LogP contribution is 2.34. The molecule has 1 aliphatic carbocycles. The Morgan fingerprint density at radius 3 is 2.95 bits per heavy atom. The first-order valence-corrected chi connectivity index (χ1v) is 7.05. The average molecular weight is 268 g/mol. The minimum atomic E-state index is -0.565. The van der Waals surface area contributed by atoms with Gasteiger partial charge >= 0.3 is 5.97 Å². The Morgan fingerprint density at radius 1 is 1.55 bits per heavy atom. The highest BCUT2D eigenvalue weighted by atomic mass is 16.5. The number of benzene rings is 1. The molecule has 20 heavy (non-hydrogen) atoms. The van der Waals surface area contributed by atoms with Gasteiger partial charge in [-0.1, -0.05) is 31.0 Å². The van der Waals surface area contributed by atoms with Gasteiger partial charge in [0.15, 0.2) is 0 Å². The van der Waals surface area contributed by atoms with Gasteiger partial charge in [0.25, 0.3) is 0 Å². The van der Waals surface area contributed by atoms with Gasteiger partial charge in [-0.2, -0.15) is 5.26 Å². The number of esters is 1. The van der Waals surface area contributed by atoms with Crippen molar-refractivity contribution in [1.29, 1.82) is 5.26 Å². The monoisotopic (exact) mass is 268 g/mol. The minimum absolute atomic E-state index is 0.0374. The number of ether oxygens (including phenoxy) is 1. The van der Waals surface area contributed by atoms with Crippen LogP contribution >= 0.6 is 0 Å². The predicted octanol–water partition coefficient (Wildman–Crippen LogP) is 3.61. The van der Waals surface area contributed by atoms with Crippen molar-refractivity contribution in [3.8, 4) is 6.07 Å². The second kappa shape index (κ2) is 6.91. The Morgan fingerprint density at radius 2 is 2.30 bits per heavy atom. The zero-order valence-electron chi connectivity index (χ0n) is 11.7. The van der Waals surface area contributed by atoms with Crippen LogP contribution in [0.1, 0.15) is 49.7 Å². The van der Waals surface area contributed by atoms with E-state index in [2.05, 4.69) is 6.07 Å². The highest BCUT2D eigenvalue weighted by molar-refractivity contribution is 5.97. The molecule has 0 bridgehead atoms. The summed E-state index contributed by atoms with van der Waals surface area (Å²) in [5.74, 6) is 0.00160. The maximum Gasteiger partial charge on any atom is 0.348 e. The van der Waals surface area contributed by atoms with Gasteiger partial charge in [-0.05, 0) is 49.0 Å². The van der Waals surface area contributed by atoms with Crippen LogP contribution in [0.5, 0.6) is 0 Å². The molecule has 1 fully saturated rings. The molecule has 0 unspecified atom stereocenters. The van der Waals surface area contributed by atoms with Crippen LogP contribution in [-0.2, 0) is 9.53 Å². The number of hydrogen-bond donors (Lipinski definition) is 0. The molecule has 1 saturated carbocycles. The molecule has 0 heterocycles. The fourth-order valence-electron chi connectivity index (χ4n) is 2.58. The number of nitriles is 1. The molecule has 3 nitrogen and oxygen atoms in total. The van der Waals surface area contributed by atoms with E-state index < -0.39 is 5.97 Å². The molecule has 0 aromatic heterocycles. The van der Waals surface area contributed by atoms with Gasteiger partial charge < -0.3 is 4.74 Å². The highest BCUT2D eigenvalue weighted by Gasteiger charge is 2.17. The maximum absolute atomic E-state index is 11.6. The Hall–Kier alpha value is -2.08. The van der Waals surface area contributed by atoms with Gasteiger partial charge in [0.1, 0.15) is 11.6 Å². The van der Waals surface area contributed by atoms with Crippen LogP contribution in [0, 0.1) is 17.4 Å². The lowest BCUT2D eigenvalue weighted by Crippen LogP contribution is -2.06. The summed E-state index contributed by atoms with van der Waals surface area (Å²) >= 11 is 0. The van der Waals surface area contributed by atoms with Gasteiger partial charge in [-0.25, -0.2) is 4.79 Å². The molecule has 0 spiro atoms. The van der Waals surface area contributed by atoms with E-state index in [1.807, 2.05) is 24.3 Å². The molecule has 0 saturated heterocycles. The van der Waals surface area contributed by atoms with Crippen molar-refractivity contribution in [2.24, 2.45) is 0 Å². The van der Waals surface area contributed by atoms with Crippen LogP contribution in [0.4, 0.5) is 0 Å². The number of hydrogen-bond acceptors (Lipinski definition) is 3. The van der Waals surface area contributed by atoms with Crippen LogP contribution in [0.25, 0.3) is 6.08 Å². The molecule has 0 atom stereocenters. The van der Waals surface area contributed by atoms with Crippen molar-refractivity contribution >= 4 is 12.0 Å². The van der Waals surface area contributed by atoms with E-state index in [1.54, 1.807) is 13.0 Å². The van der Waals surface area contributed by atoms with E-state index in [0.717, 1.165) is 5.56 Å². The topological polar surface area (TPSA) is 50.1 Å². The van der Waals surface area contributed by atoms with Crippen LogP contribution in [0.15, 0.2) is 23.8 Å². The summed E-state index contributed by atoms with van der Waals surface area (Å²) in [5, 5.41) is 9.04. The van der Waals surface area contributed by atoms with E-state index in [-0.39, 0.29) is 12.2 Å². The van der Waals surface area contributed by atoms with Crippen molar-refractivity contribution in [1.82, 2.24) is 0 Å². The van der Waals surface area contributed by atoms with Gasteiger partial charge in [0, 0.05) is 0 Å². The van der Waals surface area contributed by atoms with Crippen LogP contribution in [-0.4, -0.2) is 12.6 Å². The fraction of sp³-hybridized carbons (Fsp3) is 0.412. The molecule has 2 rings (SSSR count). The molecular weight excluding hydrogens is 250 g/mol. The van der Waals surface area contributed by atoms with Crippen LogP contribution in [0.2, 0.25) is 0 Å². The van der Waals surface area contributed by atoms with Crippen molar-refractivity contribution < 1.29 is 9.53 Å². The number of carbonyl (C=O) groups is 1. The summed E-state index contributed by atoms with van der Waals surface area (Å²) in [6.45, 7) is 2.00. The largest absolute Gasteiger partial charge is 0.462 e. The third-order valence-electron chi connectivity index (χ3n) is 3.57. The number of nitrogens with zero attached hydrogens (tertiary/aromatic N) is 1. The van der Waals surface area contributed by atoms with E-state index in [9.17, 15) is 4.79 Å². The molecule has 0 N–H and O–H groups in total. The van der Waals surface area contributed by atoms with Crippen molar-refractivity contribution in [3.05, 3.63) is 41.0 Å². The molecule has 0 amide bonds. The third kappa shape index (κ3) is 3.48. The Bertz CT molecular complexity index is 548. The van der Waals surface area contributed by atoms with Gasteiger partial charge in [0.2, 0.25) is 0 Å². The second-order valence-corrected chi connectivity index (χ2v) is 4.95. The summed E-state index contributed by atoms with van der Waals surface area (Å²) in [6, 6.07) is 10.9. The lowest BCUT2D eigenvalue weighted by molar-refractivity contribution is -0.137. The van der Waals surface area contributed by atoms with E-state index in [4.69, 9.17) is 10.00 Å². The smallest absolute Gasteiger partial charge is 0.348 e. The van der Waals surface area contributed by atoms with Gasteiger partial charge in [-0.15, -0.1) is 0 Å². The van der Waals surface area contributed by atoms with E-state index in [1.165, 1.54) is 31.2 Å². The molecule has 3 heteroatoms. The number of rotatable bonds is 4. The first kappa shape index (κ1) is 14.3. The molecular formula is C17H18NO2. The van der Waals surface area contributed by atoms with Gasteiger partial charge in [0.05, 0.1) is 6.61 Å². The molecule has 1 aromatic carbocycles. The zero-order chi connectivity index (χ0) is 14.4. The van der Waals surface area contributed by atoms with E-state index in [0.29, 0.717) is 5.92 Å². The van der Waals surface area contributed by atoms with Crippen LogP contribution in [0.3, 0.4) is 0 Å². The molecule has 0 aliphatic heterocycles. The normalized spacial score (nSPS) is 15.9. The predicted molar refractivity (Wildman–Crippen MR) is 76.7 cm³/mol. The minimum Gasteiger partial charge on any atom is -0.462 e. The lowest BCUT2D eigenvalue weighted by Gasteiger charge is -2.09. The standard InChI is InChI=1S/C17H18NO2/c1-2-20-17(19)16(12-18)11-13-6-5-9-15(10-13)14-7-3-4-8-14/h5-6,10-11,14H,2-4,7-8H2,1H3/b16-11+. The fourth-order valence-corrected chi connectivity index (χ4v) is 2.58. The molecule has 1 radical (unpaired) electrons. The van der Waals surface area contributed by atoms with Gasteiger partial charge in [-0.3, -0.25) is 0 Å². The van der Waals surface area contributed by atoms with Crippen LogP contribution < -0.4 is 0 Å². The average Bonchev–Trinajstić information content (AvgIpc) is 2.99. The summed E-state index contributed by atoms with van der Waals surface area (Å²) in [6.07, 6.45) is 6.53. The summed E-state index contributed by atoms with van der Waals surface area (Å²) in [7, 11) is 0. The van der Waals surface area contributed by atoms with Crippen molar-refractivity contribution in [2.75, 3.05) is 6.61 Å². The quantitative estimate of drug-likeness (QED) is 0.476. The van der Waals surface area contributed by atoms with Crippen molar-refractivity contribution in [3.63, 3.8) is 0 Å². The first-order valence-electron chi connectivity index (χ1n) is 7.05. The zero-order valence-corrected chi connectivity index (χ0v) is 11.7. The molecule has 1 aliphatic rings. The third-order valence-corrected chi connectivity index (χ3v) is 3.57. The molecule has 1 aromatic rings.